The van der Waals surface area contributed by atoms with Crippen molar-refractivity contribution in [2.24, 2.45) is 0 Å². The fourth-order valence-corrected chi connectivity index (χ4v) is 3.38. The summed E-state index contributed by atoms with van der Waals surface area (Å²) in [6.07, 6.45) is 7.73. The molecular weight excluding hydrogens is 484 g/mol. The molecule has 0 saturated heterocycles. The number of aromatic nitrogens is 3. The van der Waals surface area contributed by atoms with Crippen LogP contribution >= 0.6 is 0 Å². The summed E-state index contributed by atoms with van der Waals surface area (Å²) in [5, 5.41) is 14.4. The lowest BCUT2D eigenvalue weighted by molar-refractivity contribution is -0.121. The number of amides is 3. The van der Waals surface area contributed by atoms with E-state index in [0.29, 0.717) is 41.7 Å². The second kappa shape index (κ2) is 14.7. The second-order valence-corrected chi connectivity index (χ2v) is 8.22. The SMILES string of the molecule is C=CC(=O)NCC(=O)Nc1ccccc1CNC(=O)c1cnc(NCCc2ccncc2)nc1NCCC. The average molecular weight is 517 g/mol. The molecule has 38 heavy (non-hydrogen) atoms. The Labute approximate surface area is 221 Å². The van der Waals surface area contributed by atoms with Crippen LogP contribution in [0.2, 0.25) is 0 Å². The fourth-order valence-electron chi connectivity index (χ4n) is 3.38. The van der Waals surface area contributed by atoms with Crippen LogP contribution in [-0.2, 0) is 22.6 Å². The minimum Gasteiger partial charge on any atom is -0.369 e. The molecule has 11 nitrogen and oxygen atoms in total. The molecule has 3 rings (SSSR count). The Morgan fingerprint density at radius 2 is 1.79 bits per heavy atom. The standard InChI is InChI=1S/C27H32N8O3/c1-3-12-29-25-21(17-33-27(35-25)30-15-11-19-9-13-28-14-10-19)26(38)32-16-20-7-5-6-8-22(20)34-24(37)18-31-23(36)4-2/h4-10,13-14,17H,2-3,11-12,15-16,18H2,1H3,(H,31,36)(H,32,38)(H,34,37)(H2,29,30,33,35). The summed E-state index contributed by atoms with van der Waals surface area (Å²) in [4.78, 5) is 49.4. The molecule has 3 aromatic rings. The molecule has 2 aromatic heterocycles. The maximum absolute atomic E-state index is 13.1. The third-order valence-electron chi connectivity index (χ3n) is 5.36. The van der Waals surface area contributed by atoms with Gasteiger partial charge in [-0.1, -0.05) is 31.7 Å². The maximum atomic E-state index is 13.1. The number of pyridine rings is 1. The smallest absolute Gasteiger partial charge is 0.256 e. The van der Waals surface area contributed by atoms with Gasteiger partial charge >= 0.3 is 0 Å². The summed E-state index contributed by atoms with van der Waals surface area (Å²) >= 11 is 0. The third-order valence-corrected chi connectivity index (χ3v) is 5.36. The zero-order chi connectivity index (χ0) is 27.2. The number of nitrogens with one attached hydrogen (secondary N) is 5. The van der Waals surface area contributed by atoms with E-state index in [2.05, 4.69) is 48.1 Å². The molecule has 0 spiro atoms. The van der Waals surface area contributed by atoms with Crippen molar-refractivity contribution in [1.29, 1.82) is 0 Å². The van der Waals surface area contributed by atoms with Crippen LogP contribution in [0.4, 0.5) is 17.5 Å². The second-order valence-electron chi connectivity index (χ2n) is 8.22. The first-order valence-corrected chi connectivity index (χ1v) is 12.3. The zero-order valence-corrected chi connectivity index (χ0v) is 21.3. The molecule has 0 saturated carbocycles. The topological polar surface area (TPSA) is 150 Å². The Balaban J connectivity index is 1.63. The van der Waals surface area contributed by atoms with Crippen LogP contribution in [0.15, 0.2) is 67.6 Å². The molecule has 3 amide bonds. The van der Waals surface area contributed by atoms with Gasteiger partial charge in [-0.05, 0) is 48.2 Å². The number of benzene rings is 1. The van der Waals surface area contributed by atoms with Crippen LogP contribution in [0, 0.1) is 0 Å². The van der Waals surface area contributed by atoms with Crippen LogP contribution in [0.1, 0.15) is 34.8 Å². The van der Waals surface area contributed by atoms with Crippen LogP contribution in [0.5, 0.6) is 0 Å². The van der Waals surface area contributed by atoms with Crippen molar-refractivity contribution in [2.75, 3.05) is 35.6 Å². The van der Waals surface area contributed by atoms with Crippen LogP contribution in [-0.4, -0.2) is 52.3 Å². The van der Waals surface area contributed by atoms with Crippen molar-refractivity contribution >= 4 is 35.2 Å². The van der Waals surface area contributed by atoms with Crippen LogP contribution in [0.3, 0.4) is 0 Å². The molecule has 0 aliphatic heterocycles. The molecule has 198 valence electrons. The predicted molar refractivity (Wildman–Crippen MR) is 147 cm³/mol. The fraction of sp³-hybridized carbons (Fsp3) is 0.259. The van der Waals surface area contributed by atoms with E-state index in [9.17, 15) is 14.4 Å². The summed E-state index contributed by atoms with van der Waals surface area (Å²) in [5.74, 6) is -0.335. The molecule has 0 atom stereocenters. The molecule has 0 aliphatic carbocycles. The number of nitrogens with zero attached hydrogens (tertiary/aromatic N) is 3. The van der Waals surface area contributed by atoms with Gasteiger partial charge < -0.3 is 26.6 Å². The third kappa shape index (κ3) is 8.70. The van der Waals surface area contributed by atoms with Gasteiger partial charge in [0.2, 0.25) is 17.8 Å². The molecule has 0 fully saturated rings. The number of carbonyl (C=O) groups is 3. The predicted octanol–water partition coefficient (Wildman–Crippen LogP) is 2.52. The zero-order valence-electron chi connectivity index (χ0n) is 21.3. The van der Waals surface area contributed by atoms with Crippen molar-refractivity contribution in [3.63, 3.8) is 0 Å². The number of anilines is 3. The number of carbonyl (C=O) groups excluding carboxylic acids is 3. The highest BCUT2D eigenvalue weighted by atomic mass is 16.2. The molecule has 0 radical (unpaired) electrons. The normalized spacial score (nSPS) is 10.2. The highest BCUT2D eigenvalue weighted by molar-refractivity contribution is 5.99. The van der Waals surface area contributed by atoms with E-state index in [4.69, 9.17) is 0 Å². The van der Waals surface area contributed by atoms with E-state index in [1.807, 2.05) is 19.1 Å². The lowest BCUT2D eigenvalue weighted by Crippen LogP contribution is -2.32. The van der Waals surface area contributed by atoms with Crippen LogP contribution < -0.4 is 26.6 Å². The Morgan fingerprint density at radius 1 is 1.00 bits per heavy atom. The summed E-state index contributed by atoms with van der Waals surface area (Å²) in [7, 11) is 0. The van der Waals surface area contributed by atoms with Crippen molar-refractivity contribution < 1.29 is 14.4 Å². The van der Waals surface area contributed by atoms with Gasteiger partial charge in [0.15, 0.2) is 0 Å². The van der Waals surface area contributed by atoms with E-state index >= 15 is 0 Å². The summed E-state index contributed by atoms with van der Waals surface area (Å²) in [6.45, 7) is 6.61. The molecule has 0 aliphatic rings. The van der Waals surface area contributed by atoms with E-state index in [-0.39, 0.29) is 19.0 Å². The van der Waals surface area contributed by atoms with Gasteiger partial charge in [0.1, 0.15) is 11.4 Å². The van der Waals surface area contributed by atoms with Gasteiger partial charge in [0.05, 0.1) is 6.54 Å². The van der Waals surface area contributed by atoms with E-state index in [1.54, 1.807) is 36.7 Å². The lowest BCUT2D eigenvalue weighted by Gasteiger charge is -2.14. The number of hydrogen-bond acceptors (Lipinski definition) is 8. The van der Waals surface area contributed by atoms with Crippen molar-refractivity contribution in [3.8, 4) is 0 Å². The first-order chi connectivity index (χ1) is 18.5. The Hall–Kier alpha value is -4.80. The van der Waals surface area contributed by atoms with Gasteiger partial charge in [0.25, 0.3) is 5.91 Å². The molecule has 1 aromatic carbocycles. The Kier molecular flexibility index (Phi) is 10.7. The largest absolute Gasteiger partial charge is 0.369 e. The van der Waals surface area contributed by atoms with E-state index in [1.165, 1.54) is 6.20 Å². The average Bonchev–Trinajstić information content (AvgIpc) is 2.94. The van der Waals surface area contributed by atoms with Gasteiger partial charge in [-0.2, -0.15) is 4.98 Å². The lowest BCUT2D eigenvalue weighted by atomic mass is 10.1. The molecule has 5 N–H and O–H groups in total. The Bertz CT molecular complexity index is 1250. The highest BCUT2D eigenvalue weighted by Crippen LogP contribution is 2.17. The summed E-state index contributed by atoms with van der Waals surface area (Å²) < 4.78 is 0. The molecule has 2 heterocycles. The van der Waals surface area contributed by atoms with Gasteiger partial charge in [-0.25, -0.2) is 4.98 Å². The monoisotopic (exact) mass is 516 g/mol. The Morgan fingerprint density at radius 3 is 2.55 bits per heavy atom. The van der Waals surface area contributed by atoms with E-state index < -0.39 is 11.8 Å². The highest BCUT2D eigenvalue weighted by Gasteiger charge is 2.16. The number of hydrogen-bond donors (Lipinski definition) is 5. The molecule has 0 bridgehead atoms. The van der Waals surface area contributed by atoms with Crippen molar-refractivity contribution in [1.82, 2.24) is 25.6 Å². The minimum absolute atomic E-state index is 0.160. The quantitative estimate of drug-likeness (QED) is 0.205. The number of para-hydroxylation sites is 1. The number of rotatable bonds is 14. The first-order valence-electron chi connectivity index (χ1n) is 12.3. The molecular formula is C27H32N8O3. The van der Waals surface area contributed by atoms with Gasteiger partial charge in [-0.15, -0.1) is 0 Å². The van der Waals surface area contributed by atoms with Crippen molar-refractivity contribution in [3.05, 3.63) is 84.3 Å². The molecule has 0 unspecified atom stereocenters. The van der Waals surface area contributed by atoms with Crippen LogP contribution in [0.25, 0.3) is 0 Å². The molecule has 11 heteroatoms. The minimum atomic E-state index is -0.439. The van der Waals surface area contributed by atoms with Crippen molar-refractivity contribution in [2.45, 2.75) is 26.3 Å². The van der Waals surface area contributed by atoms with E-state index in [0.717, 1.165) is 24.5 Å². The summed E-state index contributed by atoms with van der Waals surface area (Å²) in [6, 6.07) is 11.0. The first kappa shape index (κ1) is 27.8. The van der Waals surface area contributed by atoms with Gasteiger partial charge in [0, 0.05) is 43.9 Å². The maximum Gasteiger partial charge on any atom is 0.256 e. The van der Waals surface area contributed by atoms with Gasteiger partial charge in [-0.3, -0.25) is 19.4 Å². The summed E-state index contributed by atoms with van der Waals surface area (Å²) in [5.41, 5.74) is 2.68.